The molecule has 1 aromatic heterocycles. The molecule has 3 aromatic carbocycles. The molecule has 2 heterocycles. The minimum atomic E-state index is -0.377. The summed E-state index contributed by atoms with van der Waals surface area (Å²) >= 11 is 1.51. The molecule has 0 radical (unpaired) electrons. The molecular formula is C25H21N3O4S. The van der Waals surface area contributed by atoms with E-state index in [1.54, 1.807) is 12.1 Å². The summed E-state index contributed by atoms with van der Waals surface area (Å²) in [5.74, 6) is 1.45. The van der Waals surface area contributed by atoms with E-state index in [0.29, 0.717) is 12.3 Å². The molecule has 0 saturated heterocycles. The van der Waals surface area contributed by atoms with E-state index in [-0.39, 0.29) is 17.4 Å². The predicted molar refractivity (Wildman–Crippen MR) is 127 cm³/mol. The molecule has 1 aliphatic heterocycles. The van der Waals surface area contributed by atoms with Gasteiger partial charge in [0.1, 0.15) is 0 Å². The van der Waals surface area contributed by atoms with Crippen LogP contribution in [0.1, 0.15) is 16.7 Å². The van der Waals surface area contributed by atoms with Crippen molar-refractivity contribution in [2.24, 2.45) is 4.99 Å². The van der Waals surface area contributed by atoms with E-state index in [2.05, 4.69) is 30.5 Å². The summed E-state index contributed by atoms with van der Waals surface area (Å²) in [7, 11) is 0. The molecule has 4 aromatic rings. The van der Waals surface area contributed by atoms with Crippen molar-refractivity contribution in [2.75, 3.05) is 6.79 Å². The minimum absolute atomic E-state index is 0.0565. The Kier molecular flexibility index (Phi) is 5.43. The van der Waals surface area contributed by atoms with E-state index in [9.17, 15) is 10.1 Å². The summed E-state index contributed by atoms with van der Waals surface area (Å²) in [6.45, 7) is 4.89. The maximum atomic E-state index is 11.3. The Balaban J connectivity index is 1.63. The van der Waals surface area contributed by atoms with Crippen LogP contribution in [0.5, 0.6) is 11.5 Å². The van der Waals surface area contributed by atoms with Crippen molar-refractivity contribution in [1.82, 2.24) is 4.57 Å². The number of hydrogen-bond donors (Lipinski definition) is 0. The molecule has 0 unspecified atom stereocenters. The molecule has 0 fully saturated rings. The highest BCUT2D eigenvalue weighted by molar-refractivity contribution is 7.07. The lowest BCUT2D eigenvalue weighted by atomic mass is 10.1. The largest absolute Gasteiger partial charge is 0.454 e. The lowest BCUT2D eigenvalue weighted by molar-refractivity contribution is -0.384. The average Bonchev–Trinajstić information content (AvgIpc) is 3.43. The molecule has 1 aliphatic rings. The van der Waals surface area contributed by atoms with Crippen LogP contribution in [0, 0.1) is 24.0 Å². The molecule has 0 aliphatic carbocycles. The van der Waals surface area contributed by atoms with E-state index in [1.165, 1.54) is 28.5 Å². The highest BCUT2D eigenvalue weighted by Gasteiger charge is 2.16. The van der Waals surface area contributed by atoms with Gasteiger partial charge in [-0.25, -0.2) is 4.99 Å². The van der Waals surface area contributed by atoms with Gasteiger partial charge in [-0.3, -0.25) is 10.1 Å². The van der Waals surface area contributed by atoms with E-state index < -0.39 is 0 Å². The van der Waals surface area contributed by atoms with Crippen molar-refractivity contribution in [3.8, 4) is 22.8 Å². The summed E-state index contributed by atoms with van der Waals surface area (Å²) in [5, 5.41) is 13.3. The van der Waals surface area contributed by atoms with Crippen molar-refractivity contribution in [2.45, 2.75) is 20.4 Å². The molecule has 0 saturated carbocycles. The molecule has 166 valence electrons. The average molecular weight is 460 g/mol. The van der Waals surface area contributed by atoms with E-state index in [0.717, 1.165) is 33.1 Å². The molecule has 33 heavy (non-hydrogen) atoms. The van der Waals surface area contributed by atoms with Gasteiger partial charge in [0.2, 0.25) is 6.79 Å². The van der Waals surface area contributed by atoms with Crippen molar-refractivity contribution in [3.05, 3.63) is 97.6 Å². The fraction of sp³-hybridized carbons (Fsp3) is 0.160. The Morgan fingerprint density at radius 3 is 2.70 bits per heavy atom. The van der Waals surface area contributed by atoms with Gasteiger partial charge in [-0.05, 0) is 54.8 Å². The summed E-state index contributed by atoms with van der Waals surface area (Å²) in [6, 6.07) is 18.7. The number of ether oxygens (including phenoxy) is 2. The van der Waals surface area contributed by atoms with Crippen LogP contribution >= 0.6 is 11.3 Å². The third-order valence-electron chi connectivity index (χ3n) is 5.64. The van der Waals surface area contributed by atoms with Crippen molar-refractivity contribution in [1.29, 1.82) is 0 Å². The summed E-state index contributed by atoms with van der Waals surface area (Å²) in [6.07, 6.45) is 0. The number of rotatable bonds is 5. The van der Waals surface area contributed by atoms with Gasteiger partial charge >= 0.3 is 0 Å². The molecule has 0 atom stereocenters. The summed E-state index contributed by atoms with van der Waals surface area (Å²) in [4.78, 5) is 16.7. The number of aryl methyl sites for hydroxylation is 2. The molecule has 0 bridgehead atoms. The molecule has 0 spiro atoms. The van der Waals surface area contributed by atoms with Crippen LogP contribution in [0.4, 0.5) is 11.4 Å². The minimum Gasteiger partial charge on any atom is -0.454 e. The normalized spacial score (nSPS) is 12.8. The first-order chi connectivity index (χ1) is 16.0. The van der Waals surface area contributed by atoms with Gasteiger partial charge in [-0.15, -0.1) is 11.3 Å². The summed E-state index contributed by atoms with van der Waals surface area (Å²) in [5.41, 5.74) is 5.96. The molecule has 8 heteroatoms. The number of thiazole rings is 1. The highest BCUT2D eigenvalue weighted by atomic mass is 32.1. The molecule has 5 rings (SSSR count). The highest BCUT2D eigenvalue weighted by Crippen LogP contribution is 2.33. The first-order valence-electron chi connectivity index (χ1n) is 10.4. The van der Waals surface area contributed by atoms with Crippen LogP contribution in [-0.2, 0) is 6.54 Å². The Bertz CT molecular complexity index is 1440. The van der Waals surface area contributed by atoms with Crippen molar-refractivity contribution >= 4 is 22.7 Å². The van der Waals surface area contributed by atoms with Gasteiger partial charge in [-0.1, -0.05) is 24.3 Å². The smallest absolute Gasteiger partial charge is 0.270 e. The van der Waals surface area contributed by atoms with E-state index in [1.807, 2.05) is 35.7 Å². The lowest BCUT2D eigenvalue weighted by Crippen LogP contribution is -2.16. The van der Waals surface area contributed by atoms with Crippen LogP contribution in [0.3, 0.4) is 0 Å². The van der Waals surface area contributed by atoms with Crippen LogP contribution < -0.4 is 14.3 Å². The van der Waals surface area contributed by atoms with Crippen LogP contribution in [0.25, 0.3) is 11.3 Å². The number of non-ortho nitro benzene ring substituents is 1. The van der Waals surface area contributed by atoms with E-state index >= 15 is 0 Å². The Morgan fingerprint density at radius 1 is 1.03 bits per heavy atom. The first kappa shape index (κ1) is 21.0. The standard InChI is InChI=1S/C25H21N3O4S/c1-16-6-8-20(10-17(16)2)26-25-27(13-18-7-9-23-24(11-18)32-15-31-23)22(14-33-25)19-4-3-5-21(12-19)28(29)30/h3-12,14H,13,15H2,1-2H3. The third kappa shape index (κ3) is 4.25. The molecular weight excluding hydrogens is 438 g/mol. The number of nitrogens with zero attached hydrogens (tertiary/aromatic N) is 3. The van der Waals surface area contributed by atoms with Gasteiger partial charge in [0.25, 0.3) is 5.69 Å². The Morgan fingerprint density at radius 2 is 1.88 bits per heavy atom. The number of nitro groups is 1. The first-order valence-corrected chi connectivity index (χ1v) is 11.3. The quantitative estimate of drug-likeness (QED) is 0.281. The van der Waals surface area contributed by atoms with Crippen LogP contribution in [0.2, 0.25) is 0 Å². The van der Waals surface area contributed by atoms with Gasteiger partial charge in [0.15, 0.2) is 16.3 Å². The fourth-order valence-corrected chi connectivity index (χ4v) is 4.64. The molecule has 7 nitrogen and oxygen atoms in total. The summed E-state index contributed by atoms with van der Waals surface area (Å²) < 4.78 is 13.0. The van der Waals surface area contributed by atoms with Crippen molar-refractivity contribution in [3.63, 3.8) is 0 Å². The topological polar surface area (TPSA) is 78.9 Å². The third-order valence-corrected chi connectivity index (χ3v) is 6.51. The number of aromatic nitrogens is 1. The number of fused-ring (bicyclic) bond motifs is 1. The van der Waals surface area contributed by atoms with Gasteiger partial charge in [0, 0.05) is 23.1 Å². The number of nitro benzene ring substituents is 1. The van der Waals surface area contributed by atoms with Gasteiger partial charge in [0.05, 0.1) is 22.8 Å². The second-order valence-electron chi connectivity index (χ2n) is 7.87. The lowest BCUT2D eigenvalue weighted by Gasteiger charge is -2.10. The predicted octanol–water partition coefficient (Wildman–Crippen LogP) is 5.75. The number of hydrogen-bond acceptors (Lipinski definition) is 6. The fourth-order valence-electron chi connectivity index (χ4n) is 3.71. The Labute approximate surface area is 194 Å². The van der Waals surface area contributed by atoms with Gasteiger partial charge in [-0.2, -0.15) is 0 Å². The zero-order valence-corrected chi connectivity index (χ0v) is 19.0. The second-order valence-corrected chi connectivity index (χ2v) is 8.70. The zero-order valence-electron chi connectivity index (χ0n) is 18.1. The van der Waals surface area contributed by atoms with Crippen LogP contribution in [-0.4, -0.2) is 16.3 Å². The monoisotopic (exact) mass is 459 g/mol. The van der Waals surface area contributed by atoms with Crippen LogP contribution in [0.15, 0.2) is 71.0 Å². The SMILES string of the molecule is Cc1ccc(N=c2scc(-c3cccc([N+](=O)[O-])c3)n2Cc2ccc3c(c2)OCO3)cc1C. The number of benzene rings is 3. The van der Waals surface area contributed by atoms with Crippen molar-refractivity contribution < 1.29 is 14.4 Å². The van der Waals surface area contributed by atoms with E-state index in [4.69, 9.17) is 14.5 Å². The maximum Gasteiger partial charge on any atom is 0.270 e. The Hall–Kier alpha value is -3.91. The second kappa shape index (κ2) is 8.55. The molecule has 0 amide bonds. The molecule has 0 N–H and O–H groups in total. The van der Waals surface area contributed by atoms with Gasteiger partial charge < -0.3 is 14.0 Å². The zero-order chi connectivity index (χ0) is 22.9. The maximum absolute atomic E-state index is 11.3.